The standard InChI is InChI=1S/C5H5N.2C2HF3O2.H2N.Pt/c1-2-4-6-5-3-1;2*3-2(4,5)1(6)7;;/h1-5H;2*(H,6,7);1H2;/q;;;-1;+1. The molecule has 0 radical (unpaired) electrons. The third-order valence-corrected chi connectivity index (χ3v) is 1.05. The quantitative estimate of drug-likeness (QED) is 0.452. The van der Waals surface area contributed by atoms with Crippen LogP contribution in [0.15, 0.2) is 30.6 Å². The van der Waals surface area contributed by atoms with Crippen LogP contribution in [0.4, 0.5) is 26.3 Å². The minimum Gasteiger partial charge on any atom is -0.265 e. The molecule has 1 heterocycles. The van der Waals surface area contributed by atoms with Gasteiger partial charge in [0.2, 0.25) is 0 Å². The topological polar surface area (TPSA) is 114 Å². The summed E-state index contributed by atoms with van der Waals surface area (Å²) in [6.45, 7) is 0. The predicted molar refractivity (Wildman–Crippen MR) is 55.8 cm³/mol. The Bertz CT molecular complexity index is 362. The van der Waals surface area contributed by atoms with Gasteiger partial charge in [-0.2, -0.15) is 26.3 Å². The van der Waals surface area contributed by atoms with Crippen molar-refractivity contribution in [2.75, 3.05) is 0 Å². The Morgan fingerprint density at radius 1 is 0.818 bits per heavy atom. The maximum atomic E-state index is 10.6. The summed E-state index contributed by atoms with van der Waals surface area (Å²) in [4.78, 5) is 21.6. The Morgan fingerprint density at radius 2 is 1.05 bits per heavy atom. The zero-order valence-electron chi connectivity index (χ0n) is 10.2. The maximum absolute atomic E-state index is 10.6. The number of nitrogens with zero attached hydrogens (tertiary/aromatic N) is 1. The van der Waals surface area contributed by atoms with Crippen LogP contribution in [0.25, 0.3) is 0 Å². The number of carbonyl (C=O) groups is 2. The summed E-state index contributed by atoms with van der Waals surface area (Å²) in [5.74, 6) is -5.51. The van der Waals surface area contributed by atoms with E-state index in [0.29, 0.717) is 0 Å². The van der Waals surface area contributed by atoms with Gasteiger partial charge in [0.25, 0.3) is 0 Å². The van der Waals surface area contributed by atoms with E-state index < -0.39 is 24.3 Å². The second-order valence-corrected chi connectivity index (χ2v) is 2.63. The van der Waals surface area contributed by atoms with Crippen LogP contribution in [0.5, 0.6) is 0 Å². The average molecular weight is 518 g/mol. The normalized spacial score (nSPS) is 9.68. The molecule has 1 aromatic heterocycles. The van der Waals surface area contributed by atoms with Gasteiger partial charge in [0.1, 0.15) is 0 Å². The van der Waals surface area contributed by atoms with Crippen LogP contribution in [0, 0.1) is 0 Å². The molecule has 0 bridgehead atoms. The fourth-order valence-electron chi connectivity index (χ4n) is 0.313. The van der Waals surface area contributed by atoms with Crippen LogP contribution in [-0.2, 0) is 29.7 Å². The minimum absolute atomic E-state index is 1.64. The van der Waals surface area contributed by atoms with Crippen molar-refractivity contribution < 1.29 is 66.2 Å². The van der Waals surface area contributed by atoms with Crippen molar-refractivity contribution in [1.82, 2.24) is 4.98 Å². The maximum Gasteiger partial charge on any atom is 0.0267 e. The number of aromatic nitrogens is 1. The number of pyridine rings is 1. The van der Waals surface area contributed by atoms with Crippen molar-refractivity contribution in [3.05, 3.63) is 30.6 Å². The zero-order chi connectivity index (χ0) is 18.4. The Kier molecular flexibility index (Phi) is 15.0. The van der Waals surface area contributed by atoms with Crippen molar-refractivity contribution in [1.29, 1.82) is 0 Å². The summed E-state index contributed by atoms with van der Waals surface area (Å²) in [5.41, 5.74) is 0. The van der Waals surface area contributed by atoms with E-state index in [1.165, 1.54) is 0 Å². The molecule has 13 heteroatoms. The number of carboxylic acids is 2. The Labute approximate surface area is 131 Å². The number of aliphatic carboxylic acids is 2. The van der Waals surface area contributed by atoms with Crippen molar-refractivity contribution in [2.24, 2.45) is 4.29 Å². The monoisotopic (exact) mass is 518 g/mol. The molecule has 0 fully saturated rings. The van der Waals surface area contributed by atoms with Crippen molar-refractivity contribution in [2.45, 2.75) is 12.4 Å². The van der Waals surface area contributed by atoms with E-state index in [-0.39, 0.29) is 0 Å². The first-order valence-corrected chi connectivity index (χ1v) is 5.83. The number of alkyl halides is 6. The smallest absolute Gasteiger partial charge is 0.0267 e. The molecule has 131 valence electrons. The largest absolute Gasteiger partial charge is 0.265 e. The molecule has 6 nitrogen and oxygen atoms in total. The first-order chi connectivity index (χ1) is 9.89. The van der Waals surface area contributed by atoms with E-state index >= 15 is 0 Å². The molecular weight excluding hydrogens is 509 g/mol. The first-order valence-electron chi connectivity index (χ1n) is 4.52. The van der Waals surface area contributed by atoms with Crippen LogP contribution in [0.3, 0.4) is 0 Å². The van der Waals surface area contributed by atoms with Gasteiger partial charge in [0.15, 0.2) is 0 Å². The van der Waals surface area contributed by atoms with Crippen molar-refractivity contribution >= 4 is 11.9 Å². The number of carboxylic acid groups (broad SMARTS) is 2. The minimum atomic E-state index is -5.08. The van der Waals surface area contributed by atoms with Crippen LogP contribution in [0.2, 0.25) is 0 Å². The summed E-state index contributed by atoms with van der Waals surface area (Å²) in [6, 6.07) is 5.72. The molecule has 0 unspecified atom stereocenters. The molecule has 1 aromatic rings. The van der Waals surface area contributed by atoms with Crippen molar-refractivity contribution in [3.8, 4) is 0 Å². The molecule has 0 aromatic carbocycles. The summed E-state index contributed by atoms with van der Waals surface area (Å²) in [6.07, 6.45) is -6.67. The molecule has 0 aliphatic rings. The number of hydrogen-bond donors (Lipinski definition) is 3. The number of halogens is 6. The van der Waals surface area contributed by atoms with Gasteiger partial charge in [-0.25, -0.2) is 9.59 Å². The average Bonchev–Trinajstić information content (AvgIpc) is 2.42. The van der Waals surface area contributed by atoms with Gasteiger partial charge in [-0.05, 0) is 12.1 Å². The van der Waals surface area contributed by atoms with E-state index in [9.17, 15) is 26.3 Å². The SMILES string of the molecule is O=C(O)C(F)(F)F.O=C(O)C(F)(F)F.[NH2][Pt].c1ccncc1. The second-order valence-electron chi connectivity index (χ2n) is 2.63. The van der Waals surface area contributed by atoms with Gasteiger partial charge in [0, 0.05) is 12.4 Å². The Morgan fingerprint density at radius 3 is 1.09 bits per heavy atom. The third-order valence-electron chi connectivity index (χ3n) is 1.05. The van der Waals surface area contributed by atoms with Gasteiger partial charge in [-0.15, -0.1) is 0 Å². The molecule has 0 aliphatic heterocycles. The third kappa shape index (κ3) is 20.6. The summed E-state index contributed by atoms with van der Waals surface area (Å²) < 4.78 is 67.9. The van der Waals surface area contributed by atoms with Gasteiger partial charge in [-0.1, -0.05) is 6.07 Å². The van der Waals surface area contributed by atoms with Gasteiger partial charge < -0.3 is 10.2 Å². The zero-order valence-corrected chi connectivity index (χ0v) is 12.5. The van der Waals surface area contributed by atoms with E-state index in [1.54, 1.807) is 32.5 Å². The van der Waals surface area contributed by atoms with Crippen LogP contribution in [0.1, 0.15) is 0 Å². The summed E-state index contributed by atoms with van der Waals surface area (Å²) >= 11 is 1.64. The van der Waals surface area contributed by atoms with Gasteiger partial charge in [-0.3, -0.25) is 4.98 Å². The van der Waals surface area contributed by atoms with E-state index in [1.807, 2.05) is 18.2 Å². The predicted octanol–water partition coefficient (Wildman–Crippen LogP) is 1.76. The van der Waals surface area contributed by atoms with Gasteiger partial charge in [0.05, 0.1) is 0 Å². The second kappa shape index (κ2) is 13.0. The molecular formula is C9H9F6N2O4Pt. The van der Waals surface area contributed by atoms with E-state index in [2.05, 4.69) is 9.28 Å². The number of rotatable bonds is 0. The van der Waals surface area contributed by atoms with E-state index in [0.717, 1.165) is 0 Å². The van der Waals surface area contributed by atoms with Crippen LogP contribution in [-0.4, -0.2) is 39.5 Å². The molecule has 0 spiro atoms. The Hall–Kier alpha value is -1.68. The summed E-state index contributed by atoms with van der Waals surface area (Å²) in [7, 11) is 0. The molecule has 22 heavy (non-hydrogen) atoms. The Balaban J connectivity index is -0.000000233. The molecule has 0 amide bonds. The molecule has 0 atom stereocenters. The molecule has 0 aliphatic carbocycles. The molecule has 0 saturated heterocycles. The fourth-order valence-corrected chi connectivity index (χ4v) is 0.313. The van der Waals surface area contributed by atoms with Crippen molar-refractivity contribution in [3.63, 3.8) is 0 Å². The fraction of sp³-hybridized carbons (Fsp3) is 0.222. The first kappa shape index (κ1) is 25.3. The summed E-state index contributed by atoms with van der Waals surface area (Å²) in [5, 5.41) is 14.2. The number of nitrogens with two attached hydrogens (primary N) is 1. The molecule has 4 N–H and O–H groups in total. The molecule has 1 rings (SSSR count). The van der Waals surface area contributed by atoms with Gasteiger partial charge >= 0.3 is 48.6 Å². The van der Waals surface area contributed by atoms with Crippen LogP contribution < -0.4 is 4.29 Å². The number of hydrogen-bond acceptors (Lipinski definition) is 4. The van der Waals surface area contributed by atoms with E-state index in [4.69, 9.17) is 19.8 Å². The van der Waals surface area contributed by atoms with Crippen LogP contribution >= 0.6 is 0 Å². The molecule has 0 saturated carbocycles.